The molecule has 166 valence electrons. The van der Waals surface area contributed by atoms with E-state index in [0.717, 1.165) is 12.8 Å². The summed E-state index contributed by atoms with van der Waals surface area (Å²) in [6.07, 6.45) is 2.32. The first-order valence-electron chi connectivity index (χ1n) is 10.6. The SMILES string of the molecule is CCOc1ccc(-n2ncc(C(=O)OC(C(=O)N3CCCC3)c3ccccc3)c2C)nn1. The van der Waals surface area contributed by atoms with Gasteiger partial charge in [0.1, 0.15) is 5.56 Å². The normalized spacial score (nSPS) is 14.2. The molecule has 2 aromatic heterocycles. The maximum absolute atomic E-state index is 13.1. The van der Waals surface area contributed by atoms with Gasteiger partial charge in [0.2, 0.25) is 12.0 Å². The molecule has 1 unspecified atom stereocenters. The Morgan fingerprint density at radius 3 is 2.47 bits per heavy atom. The maximum Gasteiger partial charge on any atom is 0.342 e. The highest BCUT2D eigenvalue weighted by atomic mass is 16.5. The van der Waals surface area contributed by atoms with E-state index >= 15 is 0 Å². The van der Waals surface area contributed by atoms with Crippen molar-refractivity contribution in [2.75, 3.05) is 19.7 Å². The topological polar surface area (TPSA) is 99.4 Å². The second-order valence-electron chi connectivity index (χ2n) is 7.45. The summed E-state index contributed by atoms with van der Waals surface area (Å²) in [5.41, 5.74) is 1.44. The van der Waals surface area contributed by atoms with Crippen LogP contribution in [0.3, 0.4) is 0 Å². The number of aromatic nitrogens is 4. The molecule has 3 aromatic rings. The Kier molecular flexibility index (Phi) is 6.44. The van der Waals surface area contributed by atoms with E-state index in [4.69, 9.17) is 9.47 Å². The van der Waals surface area contributed by atoms with Crippen LogP contribution in [0.25, 0.3) is 5.82 Å². The van der Waals surface area contributed by atoms with Gasteiger partial charge in [-0.3, -0.25) is 4.79 Å². The van der Waals surface area contributed by atoms with Crippen molar-refractivity contribution >= 4 is 11.9 Å². The molecule has 9 heteroatoms. The number of nitrogens with zero attached hydrogens (tertiary/aromatic N) is 5. The average molecular weight is 435 g/mol. The highest BCUT2D eigenvalue weighted by Gasteiger charge is 2.32. The molecule has 3 heterocycles. The first-order chi connectivity index (χ1) is 15.6. The van der Waals surface area contributed by atoms with Crippen LogP contribution in [0.4, 0.5) is 0 Å². The van der Waals surface area contributed by atoms with Gasteiger partial charge in [0, 0.05) is 24.7 Å². The van der Waals surface area contributed by atoms with Crippen LogP contribution in [0.5, 0.6) is 5.88 Å². The van der Waals surface area contributed by atoms with E-state index in [1.54, 1.807) is 36.1 Å². The Morgan fingerprint density at radius 2 is 1.81 bits per heavy atom. The van der Waals surface area contributed by atoms with Crippen LogP contribution in [-0.4, -0.2) is 56.5 Å². The molecule has 32 heavy (non-hydrogen) atoms. The lowest BCUT2D eigenvalue weighted by molar-refractivity contribution is -0.140. The van der Waals surface area contributed by atoms with Gasteiger partial charge in [-0.1, -0.05) is 30.3 Å². The summed E-state index contributed by atoms with van der Waals surface area (Å²) < 4.78 is 12.5. The van der Waals surface area contributed by atoms with Gasteiger partial charge in [-0.15, -0.1) is 10.2 Å². The minimum atomic E-state index is -1.00. The molecule has 0 radical (unpaired) electrons. The van der Waals surface area contributed by atoms with Crippen molar-refractivity contribution in [1.29, 1.82) is 0 Å². The smallest absolute Gasteiger partial charge is 0.342 e. The van der Waals surface area contributed by atoms with Gasteiger partial charge in [-0.05, 0) is 32.8 Å². The predicted octanol–water partition coefficient (Wildman–Crippen LogP) is 2.89. The molecule has 1 amide bonds. The molecule has 1 saturated heterocycles. The zero-order valence-electron chi connectivity index (χ0n) is 18.1. The number of hydrogen-bond donors (Lipinski definition) is 0. The van der Waals surface area contributed by atoms with Crippen molar-refractivity contribution in [3.05, 3.63) is 65.5 Å². The van der Waals surface area contributed by atoms with Crippen molar-refractivity contribution in [2.45, 2.75) is 32.8 Å². The van der Waals surface area contributed by atoms with Gasteiger partial charge in [-0.2, -0.15) is 5.10 Å². The van der Waals surface area contributed by atoms with E-state index in [1.165, 1.54) is 10.9 Å². The van der Waals surface area contributed by atoms with Crippen LogP contribution >= 0.6 is 0 Å². The van der Waals surface area contributed by atoms with Crippen LogP contribution in [-0.2, 0) is 9.53 Å². The molecule has 4 rings (SSSR count). The number of rotatable bonds is 7. The quantitative estimate of drug-likeness (QED) is 0.526. The average Bonchev–Trinajstić information content (AvgIpc) is 3.49. The Bertz CT molecular complexity index is 1080. The third-order valence-corrected chi connectivity index (χ3v) is 5.33. The number of benzene rings is 1. The number of likely N-dealkylation sites (tertiary alicyclic amines) is 1. The minimum Gasteiger partial charge on any atom is -0.477 e. The molecule has 1 fully saturated rings. The lowest BCUT2D eigenvalue weighted by Crippen LogP contribution is -2.35. The zero-order valence-corrected chi connectivity index (χ0v) is 18.1. The van der Waals surface area contributed by atoms with Crippen LogP contribution in [0.2, 0.25) is 0 Å². The Labute approximate surface area is 186 Å². The van der Waals surface area contributed by atoms with Crippen molar-refractivity contribution in [3.8, 4) is 11.7 Å². The summed E-state index contributed by atoms with van der Waals surface area (Å²) in [7, 11) is 0. The minimum absolute atomic E-state index is 0.204. The number of carbonyl (C=O) groups is 2. The van der Waals surface area contributed by atoms with Crippen molar-refractivity contribution in [3.63, 3.8) is 0 Å². The monoisotopic (exact) mass is 435 g/mol. The largest absolute Gasteiger partial charge is 0.477 e. The summed E-state index contributed by atoms with van der Waals surface area (Å²) in [6, 6.07) is 12.5. The lowest BCUT2D eigenvalue weighted by atomic mass is 10.1. The number of esters is 1. The number of hydrogen-bond acceptors (Lipinski definition) is 7. The molecule has 1 aliphatic heterocycles. The van der Waals surface area contributed by atoms with Gasteiger partial charge in [-0.25, -0.2) is 9.48 Å². The maximum atomic E-state index is 13.1. The van der Waals surface area contributed by atoms with E-state index in [-0.39, 0.29) is 11.5 Å². The molecule has 9 nitrogen and oxygen atoms in total. The van der Waals surface area contributed by atoms with Crippen molar-refractivity contribution in [1.82, 2.24) is 24.9 Å². The molecule has 1 atom stereocenters. The fourth-order valence-corrected chi connectivity index (χ4v) is 3.65. The van der Waals surface area contributed by atoms with Gasteiger partial charge in [0.15, 0.2) is 5.82 Å². The van der Waals surface area contributed by atoms with Gasteiger partial charge < -0.3 is 14.4 Å². The molecule has 1 aliphatic rings. The van der Waals surface area contributed by atoms with E-state index in [0.29, 0.717) is 42.7 Å². The fourth-order valence-electron chi connectivity index (χ4n) is 3.65. The molecule has 0 aliphatic carbocycles. The second-order valence-corrected chi connectivity index (χ2v) is 7.45. The van der Waals surface area contributed by atoms with E-state index in [2.05, 4.69) is 15.3 Å². The van der Waals surface area contributed by atoms with Crippen LogP contribution in [0, 0.1) is 6.92 Å². The third-order valence-electron chi connectivity index (χ3n) is 5.33. The molecular weight excluding hydrogens is 410 g/mol. The predicted molar refractivity (Wildman–Crippen MR) is 115 cm³/mol. The molecule has 0 saturated carbocycles. The molecule has 0 N–H and O–H groups in total. The molecule has 0 bridgehead atoms. The van der Waals surface area contributed by atoms with Crippen LogP contribution < -0.4 is 4.74 Å². The van der Waals surface area contributed by atoms with E-state index < -0.39 is 12.1 Å². The van der Waals surface area contributed by atoms with E-state index in [1.807, 2.05) is 25.1 Å². The Hall–Kier alpha value is -3.75. The summed E-state index contributed by atoms with van der Waals surface area (Å²) in [6.45, 7) is 5.44. The first kappa shape index (κ1) is 21.5. The summed E-state index contributed by atoms with van der Waals surface area (Å²) >= 11 is 0. The lowest BCUT2D eigenvalue weighted by Gasteiger charge is -2.23. The zero-order chi connectivity index (χ0) is 22.5. The third kappa shape index (κ3) is 4.46. The van der Waals surface area contributed by atoms with Gasteiger partial charge in [0.05, 0.1) is 18.5 Å². The Balaban J connectivity index is 1.56. The number of amides is 1. The van der Waals surface area contributed by atoms with Crippen LogP contribution in [0.1, 0.15) is 47.5 Å². The fraction of sp³-hybridized carbons (Fsp3) is 0.348. The standard InChI is InChI=1S/C23H25N5O4/c1-3-31-20-12-11-19(25-26-20)28-16(2)18(15-24-28)23(30)32-21(17-9-5-4-6-10-17)22(29)27-13-7-8-14-27/h4-6,9-12,15,21H,3,7-8,13-14H2,1-2H3. The second kappa shape index (κ2) is 9.59. The summed E-state index contributed by atoms with van der Waals surface area (Å²) in [5.74, 6) is 0.0306. The summed E-state index contributed by atoms with van der Waals surface area (Å²) in [5, 5.41) is 12.4. The number of carbonyl (C=O) groups excluding carboxylic acids is 2. The van der Waals surface area contributed by atoms with Crippen LogP contribution in [0.15, 0.2) is 48.7 Å². The molecule has 1 aromatic carbocycles. The Morgan fingerprint density at radius 1 is 1.06 bits per heavy atom. The first-order valence-corrected chi connectivity index (χ1v) is 10.6. The molecular formula is C23H25N5O4. The molecule has 0 spiro atoms. The van der Waals surface area contributed by atoms with Crippen molar-refractivity contribution in [2.24, 2.45) is 0 Å². The summed E-state index contributed by atoms with van der Waals surface area (Å²) in [4.78, 5) is 27.9. The van der Waals surface area contributed by atoms with Crippen molar-refractivity contribution < 1.29 is 19.1 Å². The highest BCUT2D eigenvalue weighted by Crippen LogP contribution is 2.25. The highest BCUT2D eigenvalue weighted by molar-refractivity contribution is 5.93. The number of ether oxygens (including phenoxy) is 2. The van der Waals surface area contributed by atoms with Gasteiger partial charge in [0.25, 0.3) is 5.91 Å². The van der Waals surface area contributed by atoms with Gasteiger partial charge >= 0.3 is 5.97 Å². The van der Waals surface area contributed by atoms with E-state index in [9.17, 15) is 9.59 Å².